The largest absolute Gasteiger partial charge is 0.273 e. The Kier molecular flexibility index (Phi) is 3.85. The molecule has 0 atom stereocenters. The minimum Gasteiger partial charge on any atom is -0.273 e. The Morgan fingerprint density at radius 1 is 1.30 bits per heavy atom. The quantitative estimate of drug-likeness (QED) is 0.853. The second-order valence-corrected chi connectivity index (χ2v) is 6.05. The fraction of sp³-hybridized carbons (Fsp3) is 0.200. The van der Waals surface area contributed by atoms with Crippen LogP contribution in [0.3, 0.4) is 0 Å². The highest BCUT2D eigenvalue weighted by Crippen LogP contribution is 2.18. The molecule has 0 bridgehead atoms. The van der Waals surface area contributed by atoms with Crippen LogP contribution in [0.1, 0.15) is 16.9 Å². The van der Waals surface area contributed by atoms with Crippen LogP contribution in [0.2, 0.25) is 5.02 Å². The van der Waals surface area contributed by atoms with Crippen LogP contribution in [0.5, 0.6) is 0 Å². The lowest BCUT2D eigenvalue weighted by atomic mass is 10.1. The number of amides is 1. The molecule has 2 aromatic rings. The number of benzene rings is 1. The van der Waals surface area contributed by atoms with Gasteiger partial charge in [0.15, 0.2) is 0 Å². The zero-order valence-electron chi connectivity index (χ0n) is 10.8. The van der Waals surface area contributed by atoms with Gasteiger partial charge in [-0.15, -0.1) is 11.3 Å². The molecule has 0 radical (unpaired) electrons. The van der Waals surface area contributed by atoms with Gasteiger partial charge in [0.2, 0.25) is 5.91 Å². The van der Waals surface area contributed by atoms with Gasteiger partial charge in [-0.25, -0.2) is 5.01 Å². The number of hydrogen-bond donors (Lipinski definition) is 0. The van der Waals surface area contributed by atoms with Crippen LogP contribution in [0.15, 0.2) is 46.9 Å². The first-order valence-electron chi connectivity index (χ1n) is 6.38. The molecule has 0 saturated carbocycles. The van der Waals surface area contributed by atoms with Crippen LogP contribution in [-0.4, -0.2) is 23.2 Å². The maximum atomic E-state index is 12.1. The van der Waals surface area contributed by atoms with Crippen molar-refractivity contribution in [2.75, 3.05) is 6.54 Å². The molecular formula is C15H13ClN2OS. The van der Waals surface area contributed by atoms with E-state index in [1.807, 2.05) is 41.8 Å². The topological polar surface area (TPSA) is 32.7 Å². The first kappa shape index (κ1) is 13.3. The zero-order chi connectivity index (χ0) is 13.9. The average Bonchev–Trinajstić information content (AvgIpc) is 3.10. The molecule has 2 heterocycles. The molecule has 0 unspecified atom stereocenters. The summed E-state index contributed by atoms with van der Waals surface area (Å²) in [6.45, 7) is 0.655. The van der Waals surface area contributed by atoms with E-state index in [-0.39, 0.29) is 5.91 Å². The lowest BCUT2D eigenvalue weighted by Crippen LogP contribution is -2.24. The molecular weight excluding hydrogens is 292 g/mol. The normalized spacial score (nSPS) is 14.4. The van der Waals surface area contributed by atoms with E-state index in [1.165, 1.54) is 0 Å². The number of thiophene rings is 1. The minimum absolute atomic E-state index is 0.0522. The molecule has 3 nitrogen and oxygen atoms in total. The molecule has 5 heteroatoms. The Bertz CT molecular complexity index is 634. The molecule has 1 aliphatic rings. The Labute approximate surface area is 126 Å². The van der Waals surface area contributed by atoms with Crippen LogP contribution < -0.4 is 0 Å². The van der Waals surface area contributed by atoms with E-state index in [1.54, 1.807) is 16.3 Å². The third kappa shape index (κ3) is 2.92. The van der Waals surface area contributed by atoms with Crippen LogP contribution in [-0.2, 0) is 11.2 Å². The molecule has 0 fully saturated rings. The standard InChI is InChI=1S/C15H13ClN2OS/c16-12-5-3-11(4-6-12)14-7-8-18(17-14)15(19)10-13-2-1-9-20-13/h1-6,9H,7-8,10H2. The van der Waals surface area contributed by atoms with Gasteiger partial charge in [0, 0.05) is 16.3 Å². The van der Waals surface area contributed by atoms with Crippen LogP contribution in [0.25, 0.3) is 0 Å². The predicted molar refractivity (Wildman–Crippen MR) is 82.3 cm³/mol. The summed E-state index contributed by atoms with van der Waals surface area (Å²) < 4.78 is 0. The fourth-order valence-electron chi connectivity index (χ4n) is 2.14. The third-order valence-electron chi connectivity index (χ3n) is 3.17. The monoisotopic (exact) mass is 304 g/mol. The second kappa shape index (κ2) is 5.77. The van der Waals surface area contributed by atoms with E-state index in [0.717, 1.165) is 22.6 Å². The Hall–Kier alpha value is -1.65. The first-order valence-corrected chi connectivity index (χ1v) is 7.64. The molecule has 3 rings (SSSR count). The number of rotatable bonds is 3. The summed E-state index contributed by atoms with van der Waals surface area (Å²) in [4.78, 5) is 13.2. The SMILES string of the molecule is O=C(Cc1cccs1)N1CCC(c2ccc(Cl)cc2)=N1. The van der Waals surface area contributed by atoms with Gasteiger partial charge < -0.3 is 0 Å². The predicted octanol–water partition coefficient (Wildman–Crippen LogP) is 3.58. The smallest absolute Gasteiger partial charge is 0.247 e. The van der Waals surface area contributed by atoms with E-state index in [2.05, 4.69) is 5.10 Å². The van der Waals surface area contributed by atoms with Gasteiger partial charge in [0.25, 0.3) is 0 Å². The minimum atomic E-state index is 0.0522. The van der Waals surface area contributed by atoms with Crippen molar-refractivity contribution < 1.29 is 4.79 Å². The molecule has 102 valence electrons. The number of hydrogen-bond acceptors (Lipinski definition) is 3. The van der Waals surface area contributed by atoms with Gasteiger partial charge in [-0.05, 0) is 29.1 Å². The van der Waals surface area contributed by atoms with Gasteiger partial charge in [-0.3, -0.25) is 4.79 Å². The molecule has 1 aromatic carbocycles. The summed E-state index contributed by atoms with van der Waals surface area (Å²) in [5.41, 5.74) is 1.97. The summed E-state index contributed by atoms with van der Waals surface area (Å²) in [6, 6.07) is 11.5. The second-order valence-electron chi connectivity index (χ2n) is 4.58. The number of carbonyl (C=O) groups excluding carboxylic acids is 1. The lowest BCUT2D eigenvalue weighted by Gasteiger charge is -2.10. The molecule has 0 spiro atoms. The van der Waals surface area contributed by atoms with Gasteiger partial charge in [-0.1, -0.05) is 29.8 Å². The number of hydrazone groups is 1. The van der Waals surface area contributed by atoms with E-state index < -0.39 is 0 Å². The van der Waals surface area contributed by atoms with E-state index >= 15 is 0 Å². The number of nitrogens with zero attached hydrogens (tertiary/aromatic N) is 2. The van der Waals surface area contributed by atoms with Gasteiger partial charge >= 0.3 is 0 Å². The fourth-order valence-corrected chi connectivity index (χ4v) is 2.96. The van der Waals surface area contributed by atoms with Crippen LogP contribution in [0, 0.1) is 0 Å². The van der Waals surface area contributed by atoms with Gasteiger partial charge in [-0.2, -0.15) is 5.10 Å². The molecule has 0 aliphatic carbocycles. The zero-order valence-corrected chi connectivity index (χ0v) is 12.3. The number of carbonyl (C=O) groups is 1. The maximum absolute atomic E-state index is 12.1. The first-order chi connectivity index (χ1) is 9.72. The molecule has 1 aromatic heterocycles. The highest BCUT2D eigenvalue weighted by atomic mass is 35.5. The maximum Gasteiger partial charge on any atom is 0.247 e. The van der Waals surface area contributed by atoms with Crippen molar-refractivity contribution in [3.05, 3.63) is 57.2 Å². The van der Waals surface area contributed by atoms with Crippen LogP contribution in [0.4, 0.5) is 0 Å². The van der Waals surface area contributed by atoms with E-state index in [9.17, 15) is 4.79 Å². The molecule has 0 N–H and O–H groups in total. The van der Waals surface area contributed by atoms with E-state index in [0.29, 0.717) is 18.0 Å². The van der Waals surface area contributed by atoms with Crippen LogP contribution >= 0.6 is 22.9 Å². The van der Waals surface area contributed by atoms with Crippen molar-refractivity contribution >= 4 is 34.6 Å². The summed E-state index contributed by atoms with van der Waals surface area (Å²) in [6.07, 6.45) is 1.22. The average molecular weight is 305 g/mol. The summed E-state index contributed by atoms with van der Waals surface area (Å²) >= 11 is 7.47. The lowest BCUT2D eigenvalue weighted by molar-refractivity contribution is -0.129. The highest BCUT2D eigenvalue weighted by molar-refractivity contribution is 7.10. The van der Waals surface area contributed by atoms with E-state index in [4.69, 9.17) is 11.6 Å². The van der Waals surface area contributed by atoms with Gasteiger partial charge in [0.1, 0.15) is 0 Å². The molecule has 1 aliphatic heterocycles. The molecule has 0 saturated heterocycles. The summed E-state index contributed by atoms with van der Waals surface area (Å²) in [5, 5.41) is 8.69. The van der Waals surface area contributed by atoms with Gasteiger partial charge in [0.05, 0.1) is 18.7 Å². The highest BCUT2D eigenvalue weighted by Gasteiger charge is 2.21. The number of halogens is 1. The van der Waals surface area contributed by atoms with Crippen molar-refractivity contribution in [3.8, 4) is 0 Å². The third-order valence-corrected chi connectivity index (χ3v) is 4.30. The summed E-state index contributed by atoms with van der Waals surface area (Å²) in [5.74, 6) is 0.0522. The van der Waals surface area contributed by atoms with Crippen molar-refractivity contribution in [2.24, 2.45) is 5.10 Å². The van der Waals surface area contributed by atoms with Crippen molar-refractivity contribution in [1.82, 2.24) is 5.01 Å². The summed E-state index contributed by atoms with van der Waals surface area (Å²) in [7, 11) is 0. The molecule has 20 heavy (non-hydrogen) atoms. The Morgan fingerprint density at radius 3 is 2.80 bits per heavy atom. The van der Waals surface area contributed by atoms with Crippen molar-refractivity contribution in [2.45, 2.75) is 12.8 Å². The Morgan fingerprint density at radius 2 is 2.10 bits per heavy atom. The Balaban J connectivity index is 1.71. The van der Waals surface area contributed by atoms with Crippen molar-refractivity contribution in [1.29, 1.82) is 0 Å². The van der Waals surface area contributed by atoms with Crippen molar-refractivity contribution in [3.63, 3.8) is 0 Å². The molecule has 1 amide bonds.